The van der Waals surface area contributed by atoms with Crippen LogP contribution >= 0.6 is 15.9 Å². The van der Waals surface area contributed by atoms with Gasteiger partial charge in [-0.05, 0) is 30.7 Å². The third-order valence-electron chi connectivity index (χ3n) is 1.98. The highest BCUT2D eigenvalue weighted by molar-refractivity contribution is 9.10. The molecule has 1 rings (SSSR count). The van der Waals surface area contributed by atoms with Gasteiger partial charge in [-0.15, -0.1) is 0 Å². The summed E-state index contributed by atoms with van der Waals surface area (Å²) in [5.41, 5.74) is 0.749. The minimum Gasteiger partial charge on any atom is -0.411 e. The predicted octanol–water partition coefficient (Wildman–Crippen LogP) is 3.26. The molecule has 0 unspecified atom stereocenters. The second kappa shape index (κ2) is 5.66. The van der Waals surface area contributed by atoms with E-state index >= 15 is 0 Å². The number of hydrogen-bond donors (Lipinski definition) is 1. The van der Waals surface area contributed by atoms with Crippen LogP contribution in [0.4, 0.5) is 0 Å². The van der Waals surface area contributed by atoms with Gasteiger partial charge in [-0.2, -0.15) is 0 Å². The van der Waals surface area contributed by atoms with Gasteiger partial charge in [0.25, 0.3) is 0 Å². The zero-order valence-electron chi connectivity index (χ0n) is 8.40. The van der Waals surface area contributed by atoms with Gasteiger partial charge >= 0.3 is 0 Å². The molecule has 0 heterocycles. The van der Waals surface area contributed by atoms with Crippen molar-refractivity contribution in [3.63, 3.8) is 0 Å². The molecule has 0 aliphatic rings. The van der Waals surface area contributed by atoms with Crippen LogP contribution in [-0.2, 0) is 0 Å². The van der Waals surface area contributed by atoms with Crippen LogP contribution in [-0.4, -0.2) is 16.7 Å². The minimum absolute atomic E-state index is 0.208. The highest BCUT2D eigenvalue weighted by atomic mass is 79.9. The molecular formula is C11H12BrNO2. The predicted molar refractivity (Wildman–Crippen MR) is 62.6 cm³/mol. The molecule has 80 valence electrons. The molecule has 0 amide bonds. The number of carbonyl (C=O) groups is 1. The fourth-order valence-corrected chi connectivity index (χ4v) is 1.48. The number of nitrogens with zero attached hydrogens (tertiary/aromatic N) is 1. The quantitative estimate of drug-likeness (QED) is 0.395. The van der Waals surface area contributed by atoms with Crippen LogP contribution in [0.15, 0.2) is 33.9 Å². The van der Waals surface area contributed by atoms with Crippen molar-refractivity contribution >= 4 is 27.4 Å². The average molecular weight is 270 g/mol. The van der Waals surface area contributed by atoms with Crippen molar-refractivity contribution in [2.75, 3.05) is 0 Å². The molecular weight excluding hydrogens is 258 g/mol. The van der Waals surface area contributed by atoms with E-state index in [1.54, 1.807) is 24.3 Å². The molecule has 1 aromatic rings. The first-order chi connectivity index (χ1) is 7.19. The molecule has 0 fully saturated rings. The van der Waals surface area contributed by atoms with E-state index in [-0.39, 0.29) is 11.5 Å². The normalized spacial score (nSPS) is 11.5. The fraction of sp³-hybridized carbons (Fsp3) is 0.273. The van der Waals surface area contributed by atoms with E-state index in [1.807, 2.05) is 6.92 Å². The molecule has 0 saturated heterocycles. The molecule has 0 aliphatic heterocycles. The molecule has 0 atom stereocenters. The van der Waals surface area contributed by atoms with Crippen LogP contribution in [0.3, 0.4) is 0 Å². The van der Waals surface area contributed by atoms with Crippen molar-refractivity contribution < 1.29 is 10.0 Å². The number of carbonyl (C=O) groups excluding carboxylic acids is 1. The molecule has 0 aromatic heterocycles. The summed E-state index contributed by atoms with van der Waals surface area (Å²) in [5.74, 6) is -0.216. The summed E-state index contributed by atoms with van der Waals surface area (Å²) in [6.45, 7) is 1.93. The smallest absolute Gasteiger partial charge is 0.210 e. The number of halogens is 1. The van der Waals surface area contributed by atoms with Gasteiger partial charge in [-0.25, -0.2) is 0 Å². The van der Waals surface area contributed by atoms with E-state index < -0.39 is 0 Å². The Morgan fingerprint density at radius 1 is 1.40 bits per heavy atom. The fourth-order valence-electron chi connectivity index (χ4n) is 1.21. The standard InChI is InChI=1S/C11H12BrNO2/c1-2-3-10(13-15)11(14)8-4-6-9(12)7-5-8/h4-7,15H,2-3H2,1H3. The summed E-state index contributed by atoms with van der Waals surface area (Å²) in [6.07, 6.45) is 1.27. The summed E-state index contributed by atoms with van der Waals surface area (Å²) in [6, 6.07) is 6.98. The van der Waals surface area contributed by atoms with E-state index in [9.17, 15) is 4.79 Å². The van der Waals surface area contributed by atoms with Crippen LogP contribution < -0.4 is 0 Å². The first kappa shape index (κ1) is 11.9. The lowest BCUT2D eigenvalue weighted by Gasteiger charge is -2.02. The lowest BCUT2D eigenvalue weighted by Crippen LogP contribution is -2.14. The number of ketones is 1. The lowest BCUT2D eigenvalue weighted by molar-refractivity contribution is 0.105. The van der Waals surface area contributed by atoms with Gasteiger partial charge in [0.05, 0.1) is 0 Å². The molecule has 3 nitrogen and oxygen atoms in total. The molecule has 0 spiro atoms. The Labute approximate surface area is 96.9 Å². The Bertz CT molecular complexity index is 371. The first-order valence-corrected chi connectivity index (χ1v) is 5.49. The minimum atomic E-state index is -0.216. The van der Waals surface area contributed by atoms with Crippen molar-refractivity contribution in [1.29, 1.82) is 0 Å². The average Bonchev–Trinajstić information content (AvgIpc) is 2.26. The third kappa shape index (κ3) is 3.16. The van der Waals surface area contributed by atoms with Gasteiger partial charge in [0.2, 0.25) is 5.78 Å². The van der Waals surface area contributed by atoms with Crippen molar-refractivity contribution in [1.82, 2.24) is 0 Å². The Hall–Kier alpha value is -1.16. The second-order valence-electron chi connectivity index (χ2n) is 3.13. The maximum atomic E-state index is 11.8. The molecule has 15 heavy (non-hydrogen) atoms. The largest absolute Gasteiger partial charge is 0.411 e. The van der Waals surface area contributed by atoms with E-state index in [2.05, 4.69) is 21.1 Å². The molecule has 0 saturated carbocycles. The van der Waals surface area contributed by atoms with Crippen molar-refractivity contribution in [3.8, 4) is 0 Å². The molecule has 4 heteroatoms. The van der Waals surface area contributed by atoms with Crippen LogP contribution in [0, 0.1) is 0 Å². The van der Waals surface area contributed by atoms with Gasteiger partial charge in [-0.3, -0.25) is 4.79 Å². The first-order valence-electron chi connectivity index (χ1n) is 4.70. The highest BCUT2D eigenvalue weighted by Gasteiger charge is 2.13. The molecule has 1 aromatic carbocycles. The van der Waals surface area contributed by atoms with Crippen LogP contribution in [0.1, 0.15) is 30.1 Å². The van der Waals surface area contributed by atoms with E-state index in [1.165, 1.54) is 0 Å². The van der Waals surface area contributed by atoms with E-state index in [4.69, 9.17) is 5.21 Å². The number of oxime groups is 1. The van der Waals surface area contributed by atoms with Crippen molar-refractivity contribution in [2.45, 2.75) is 19.8 Å². The summed E-state index contributed by atoms with van der Waals surface area (Å²) in [4.78, 5) is 11.8. The monoisotopic (exact) mass is 269 g/mol. The van der Waals surface area contributed by atoms with Crippen LogP contribution in [0.2, 0.25) is 0 Å². The molecule has 1 N–H and O–H groups in total. The van der Waals surface area contributed by atoms with E-state index in [0.29, 0.717) is 12.0 Å². The Balaban J connectivity index is 2.88. The van der Waals surface area contributed by atoms with E-state index in [0.717, 1.165) is 10.9 Å². The van der Waals surface area contributed by atoms with Gasteiger partial charge in [0.15, 0.2) is 0 Å². The lowest BCUT2D eigenvalue weighted by atomic mass is 10.0. The number of Topliss-reactive ketones (excluding diaryl/α,β-unsaturated/α-hetero) is 1. The molecule has 0 aliphatic carbocycles. The maximum Gasteiger partial charge on any atom is 0.210 e. The number of hydrogen-bond acceptors (Lipinski definition) is 3. The van der Waals surface area contributed by atoms with Gasteiger partial charge in [-0.1, -0.05) is 34.4 Å². The third-order valence-corrected chi connectivity index (χ3v) is 2.50. The highest BCUT2D eigenvalue weighted by Crippen LogP contribution is 2.12. The number of rotatable bonds is 4. The SMILES string of the molecule is CCCC(=NO)C(=O)c1ccc(Br)cc1. The van der Waals surface area contributed by atoms with Crippen LogP contribution in [0.5, 0.6) is 0 Å². The Morgan fingerprint density at radius 3 is 2.47 bits per heavy atom. The zero-order valence-corrected chi connectivity index (χ0v) is 9.99. The molecule has 0 radical (unpaired) electrons. The topological polar surface area (TPSA) is 49.7 Å². The Morgan fingerprint density at radius 2 is 2.00 bits per heavy atom. The summed E-state index contributed by atoms with van der Waals surface area (Å²) in [5, 5.41) is 11.7. The summed E-state index contributed by atoms with van der Waals surface area (Å²) < 4.78 is 0.914. The summed E-state index contributed by atoms with van der Waals surface area (Å²) >= 11 is 3.29. The summed E-state index contributed by atoms with van der Waals surface area (Å²) in [7, 11) is 0. The van der Waals surface area contributed by atoms with Gasteiger partial charge in [0, 0.05) is 10.0 Å². The zero-order chi connectivity index (χ0) is 11.3. The second-order valence-corrected chi connectivity index (χ2v) is 4.05. The van der Waals surface area contributed by atoms with Gasteiger partial charge in [0.1, 0.15) is 5.71 Å². The maximum absolute atomic E-state index is 11.8. The van der Waals surface area contributed by atoms with Crippen molar-refractivity contribution in [3.05, 3.63) is 34.3 Å². The molecule has 0 bridgehead atoms. The van der Waals surface area contributed by atoms with Gasteiger partial charge < -0.3 is 5.21 Å². The number of benzene rings is 1. The van der Waals surface area contributed by atoms with Crippen molar-refractivity contribution in [2.24, 2.45) is 5.16 Å². The Kier molecular flexibility index (Phi) is 4.49. The van der Waals surface area contributed by atoms with Crippen LogP contribution in [0.25, 0.3) is 0 Å².